The summed E-state index contributed by atoms with van der Waals surface area (Å²) in [7, 11) is 0. The second kappa shape index (κ2) is 9.76. The van der Waals surface area contributed by atoms with Gasteiger partial charge < -0.3 is 0 Å². The van der Waals surface area contributed by atoms with Crippen molar-refractivity contribution in [3.05, 3.63) is 170 Å². The van der Waals surface area contributed by atoms with Crippen LogP contribution in [0.4, 0.5) is 0 Å². The van der Waals surface area contributed by atoms with Gasteiger partial charge in [0.15, 0.2) is 0 Å². The zero-order chi connectivity index (χ0) is 30.2. The molecule has 0 unspecified atom stereocenters. The SMILES string of the molecule is c1ccc(-c2c3c(c(-c4ccccc4)c4cc(-c5ccc6ccccc6c5)ccc24)-c2cccc4c2c-3cc2ccccc24)cc1. The lowest BCUT2D eigenvalue weighted by molar-refractivity contribution is 1.61. The quantitative estimate of drug-likeness (QED) is 0.182. The van der Waals surface area contributed by atoms with Crippen LogP contribution in [0.1, 0.15) is 0 Å². The molecule has 46 heavy (non-hydrogen) atoms. The molecule has 0 nitrogen and oxygen atoms in total. The second-order valence-electron chi connectivity index (χ2n) is 12.4. The monoisotopic (exact) mass is 580 g/mol. The van der Waals surface area contributed by atoms with Gasteiger partial charge in [0.2, 0.25) is 0 Å². The number of benzene rings is 9. The second-order valence-corrected chi connectivity index (χ2v) is 12.4. The minimum Gasteiger partial charge on any atom is -0.0622 e. The highest BCUT2D eigenvalue weighted by Gasteiger charge is 2.31. The summed E-state index contributed by atoms with van der Waals surface area (Å²) in [4.78, 5) is 0. The van der Waals surface area contributed by atoms with Gasteiger partial charge in [0.05, 0.1) is 0 Å². The molecule has 0 radical (unpaired) electrons. The lowest BCUT2D eigenvalue weighted by atomic mass is 9.81. The van der Waals surface area contributed by atoms with Crippen LogP contribution < -0.4 is 0 Å². The molecule has 0 N–H and O–H groups in total. The molecule has 0 aromatic heterocycles. The highest BCUT2D eigenvalue weighted by molar-refractivity contribution is 6.31. The van der Waals surface area contributed by atoms with Crippen molar-refractivity contribution in [1.29, 1.82) is 0 Å². The van der Waals surface area contributed by atoms with E-state index in [1.807, 2.05) is 0 Å². The highest BCUT2D eigenvalue weighted by Crippen LogP contribution is 2.58. The van der Waals surface area contributed by atoms with Crippen molar-refractivity contribution in [3.63, 3.8) is 0 Å². The first-order chi connectivity index (χ1) is 22.8. The Morgan fingerprint density at radius 3 is 1.61 bits per heavy atom. The van der Waals surface area contributed by atoms with Gasteiger partial charge in [-0.3, -0.25) is 0 Å². The molecule has 0 heterocycles. The van der Waals surface area contributed by atoms with Gasteiger partial charge in [-0.15, -0.1) is 0 Å². The van der Waals surface area contributed by atoms with Gasteiger partial charge in [-0.2, -0.15) is 0 Å². The summed E-state index contributed by atoms with van der Waals surface area (Å²) >= 11 is 0. The van der Waals surface area contributed by atoms with Crippen LogP contribution in [0.25, 0.3) is 98.7 Å². The van der Waals surface area contributed by atoms with E-state index in [1.54, 1.807) is 0 Å². The summed E-state index contributed by atoms with van der Waals surface area (Å²) in [5.74, 6) is 0. The van der Waals surface area contributed by atoms with E-state index in [0.717, 1.165) is 0 Å². The van der Waals surface area contributed by atoms with Crippen LogP contribution in [0.5, 0.6) is 0 Å². The summed E-state index contributed by atoms with van der Waals surface area (Å²) < 4.78 is 0. The molecule has 9 aromatic rings. The molecule has 0 heteroatoms. The van der Waals surface area contributed by atoms with Crippen LogP contribution in [0.3, 0.4) is 0 Å². The Kier molecular flexibility index (Phi) is 5.38. The Morgan fingerprint density at radius 1 is 0.239 bits per heavy atom. The lowest BCUT2D eigenvalue weighted by Crippen LogP contribution is -1.94. The highest BCUT2D eigenvalue weighted by atomic mass is 14.3. The maximum absolute atomic E-state index is 2.44. The molecule has 0 saturated carbocycles. The number of hydrogen-bond donors (Lipinski definition) is 0. The van der Waals surface area contributed by atoms with Gasteiger partial charge in [0, 0.05) is 0 Å². The van der Waals surface area contributed by atoms with Crippen molar-refractivity contribution >= 4 is 43.1 Å². The number of fused-ring (bicyclic) bond motifs is 7. The minimum atomic E-state index is 1.23. The predicted octanol–water partition coefficient (Wildman–Crippen LogP) is 12.9. The smallest absolute Gasteiger partial charge is 0.000719 e. The Labute approximate surface area is 267 Å². The van der Waals surface area contributed by atoms with Crippen molar-refractivity contribution in [2.24, 2.45) is 0 Å². The number of rotatable bonds is 3. The Balaban J connectivity index is 1.40. The molecule has 0 amide bonds. The van der Waals surface area contributed by atoms with Crippen molar-refractivity contribution in [3.8, 4) is 55.6 Å². The Bertz CT molecular complexity index is 2660. The van der Waals surface area contributed by atoms with E-state index >= 15 is 0 Å². The third kappa shape index (κ3) is 3.62. The molecule has 0 saturated heterocycles. The molecular weight excluding hydrogens is 553 g/mol. The largest absolute Gasteiger partial charge is 0.0622 e. The van der Waals surface area contributed by atoms with E-state index in [0.29, 0.717) is 0 Å². The van der Waals surface area contributed by atoms with Gasteiger partial charge in [-0.25, -0.2) is 0 Å². The van der Waals surface area contributed by atoms with Gasteiger partial charge in [-0.05, 0) is 117 Å². The number of hydrogen-bond acceptors (Lipinski definition) is 0. The molecule has 1 aliphatic rings. The van der Waals surface area contributed by atoms with E-state index < -0.39 is 0 Å². The summed E-state index contributed by atoms with van der Waals surface area (Å²) in [5, 5.41) is 10.3. The predicted molar refractivity (Wildman–Crippen MR) is 197 cm³/mol. The van der Waals surface area contributed by atoms with Crippen molar-refractivity contribution in [2.75, 3.05) is 0 Å². The van der Waals surface area contributed by atoms with Gasteiger partial charge >= 0.3 is 0 Å². The molecule has 0 aliphatic heterocycles. The summed E-state index contributed by atoms with van der Waals surface area (Å²) in [5.41, 5.74) is 12.9. The van der Waals surface area contributed by atoms with Gasteiger partial charge in [0.25, 0.3) is 0 Å². The van der Waals surface area contributed by atoms with Crippen LogP contribution in [0, 0.1) is 0 Å². The minimum absolute atomic E-state index is 1.23. The maximum Gasteiger partial charge on any atom is -0.000719 e. The van der Waals surface area contributed by atoms with Crippen molar-refractivity contribution < 1.29 is 0 Å². The van der Waals surface area contributed by atoms with Crippen LogP contribution in [-0.2, 0) is 0 Å². The average molecular weight is 581 g/mol. The van der Waals surface area contributed by atoms with E-state index in [1.165, 1.54) is 98.7 Å². The van der Waals surface area contributed by atoms with E-state index in [-0.39, 0.29) is 0 Å². The van der Waals surface area contributed by atoms with Gasteiger partial charge in [-0.1, -0.05) is 152 Å². The zero-order valence-electron chi connectivity index (χ0n) is 25.2. The van der Waals surface area contributed by atoms with E-state index in [9.17, 15) is 0 Å². The molecule has 212 valence electrons. The Morgan fingerprint density at radius 2 is 0.826 bits per heavy atom. The fourth-order valence-electron chi connectivity index (χ4n) is 7.95. The van der Waals surface area contributed by atoms with E-state index in [2.05, 4.69) is 170 Å². The van der Waals surface area contributed by atoms with Crippen molar-refractivity contribution in [1.82, 2.24) is 0 Å². The maximum atomic E-state index is 2.44. The molecule has 0 spiro atoms. The summed E-state index contributed by atoms with van der Waals surface area (Å²) in [6, 6.07) is 62.8. The summed E-state index contributed by atoms with van der Waals surface area (Å²) in [6.07, 6.45) is 0. The molecule has 1 aliphatic carbocycles. The molecule has 0 atom stereocenters. The molecule has 10 rings (SSSR count). The standard InChI is InChI=1S/C46H28/c1-3-13-30(14-4-1)42-38-25-24-34(33-23-22-29-12-7-8-17-32(29)26-33)27-40(38)43(31-15-5-2-6-16-31)45-39-21-11-20-37-36-19-10-9-18-35(36)28-41(44(37)39)46(42)45/h1-28H. The molecule has 0 bridgehead atoms. The average Bonchev–Trinajstić information content (AvgIpc) is 3.45. The molecular formula is C46H28. The topological polar surface area (TPSA) is 0 Å². The van der Waals surface area contributed by atoms with Crippen LogP contribution in [-0.4, -0.2) is 0 Å². The third-order valence-corrected chi connectivity index (χ3v) is 9.94. The van der Waals surface area contributed by atoms with Crippen molar-refractivity contribution in [2.45, 2.75) is 0 Å². The van der Waals surface area contributed by atoms with E-state index in [4.69, 9.17) is 0 Å². The van der Waals surface area contributed by atoms with Crippen LogP contribution in [0.15, 0.2) is 170 Å². The first-order valence-electron chi connectivity index (χ1n) is 16.0. The zero-order valence-corrected chi connectivity index (χ0v) is 25.2. The molecule has 0 fully saturated rings. The first-order valence-corrected chi connectivity index (χ1v) is 16.0. The Hall–Kier alpha value is -5.98. The van der Waals surface area contributed by atoms with Gasteiger partial charge in [0.1, 0.15) is 0 Å². The normalized spacial score (nSPS) is 11.9. The van der Waals surface area contributed by atoms with Crippen LogP contribution >= 0.6 is 0 Å². The fourth-order valence-corrected chi connectivity index (χ4v) is 7.95. The molecule has 9 aromatic carbocycles. The fraction of sp³-hybridized carbons (Fsp3) is 0. The first kappa shape index (κ1) is 25.4. The summed E-state index contributed by atoms with van der Waals surface area (Å²) in [6.45, 7) is 0. The lowest BCUT2D eigenvalue weighted by Gasteiger charge is -2.21. The third-order valence-electron chi connectivity index (χ3n) is 9.94. The van der Waals surface area contributed by atoms with Crippen LogP contribution in [0.2, 0.25) is 0 Å².